The summed E-state index contributed by atoms with van der Waals surface area (Å²) in [4.78, 5) is 33.8. The van der Waals surface area contributed by atoms with Gasteiger partial charge < -0.3 is 19.5 Å². The van der Waals surface area contributed by atoms with Crippen molar-refractivity contribution in [2.75, 3.05) is 57.0 Å². The third-order valence-corrected chi connectivity index (χ3v) is 12.5. The van der Waals surface area contributed by atoms with Crippen molar-refractivity contribution in [2.24, 2.45) is 0 Å². The Morgan fingerprint density at radius 3 is 0.913 bits per heavy atom. The van der Waals surface area contributed by atoms with Crippen LogP contribution >= 0.6 is 0 Å². The molecule has 0 unspecified atom stereocenters. The van der Waals surface area contributed by atoms with Crippen molar-refractivity contribution in [1.29, 1.82) is 0 Å². The van der Waals surface area contributed by atoms with Crippen LogP contribution in [0.5, 0.6) is 0 Å². The topological polar surface area (TPSA) is 67.3 Å². The van der Waals surface area contributed by atoms with E-state index in [1.807, 2.05) is 0 Å². The maximum atomic E-state index is 5.93. The van der Waals surface area contributed by atoms with Gasteiger partial charge in [0.1, 0.15) is 0 Å². The molecular formula is C36H69N9O. The molecule has 0 aromatic carbocycles. The van der Waals surface area contributed by atoms with Crippen molar-refractivity contribution < 1.29 is 4.84 Å². The van der Waals surface area contributed by atoms with Crippen molar-refractivity contribution >= 4 is 17.8 Å². The molecule has 1 aromatic rings. The zero-order valence-electron chi connectivity index (χ0n) is 32.9. The molecule has 0 bridgehead atoms. The van der Waals surface area contributed by atoms with Gasteiger partial charge in [0.15, 0.2) is 0 Å². The van der Waals surface area contributed by atoms with E-state index in [1.165, 1.54) is 0 Å². The van der Waals surface area contributed by atoms with E-state index in [1.54, 1.807) is 7.11 Å². The number of anilines is 3. The van der Waals surface area contributed by atoms with Gasteiger partial charge in [-0.1, -0.05) is 0 Å². The Morgan fingerprint density at radius 1 is 0.478 bits per heavy atom. The first-order chi connectivity index (χ1) is 20.8. The molecule has 46 heavy (non-hydrogen) atoms. The highest BCUT2D eigenvalue weighted by Gasteiger charge is 2.49. The van der Waals surface area contributed by atoms with Crippen LogP contribution in [-0.4, -0.2) is 124 Å². The quantitative estimate of drug-likeness (QED) is 0.350. The summed E-state index contributed by atoms with van der Waals surface area (Å²) < 4.78 is 0. The van der Waals surface area contributed by atoms with Crippen LogP contribution in [0.3, 0.4) is 0 Å². The summed E-state index contributed by atoms with van der Waals surface area (Å²) in [6.07, 6.45) is 6.05. The van der Waals surface area contributed by atoms with E-state index >= 15 is 0 Å². The molecule has 0 aliphatic carbocycles. The van der Waals surface area contributed by atoms with E-state index in [0.29, 0.717) is 12.1 Å². The molecule has 3 saturated heterocycles. The molecule has 0 amide bonds. The lowest BCUT2D eigenvalue weighted by Crippen LogP contribution is -2.63. The normalized spacial score (nSPS) is 27.0. The van der Waals surface area contributed by atoms with Crippen LogP contribution in [0.4, 0.5) is 17.8 Å². The van der Waals surface area contributed by atoms with E-state index < -0.39 is 0 Å². The monoisotopic (exact) mass is 644 g/mol. The number of hydrogen-bond acceptors (Lipinski definition) is 10. The molecule has 4 heterocycles. The van der Waals surface area contributed by atoms with Crippen LogP contribution in [0, 0.1) is 0 Å². The first kappa shape index (κ1) is 37.1. The fraction of sp³-hybridized carbons (Fsp3) is 0.917. The average Bonchev–Trinajstić information content (AvgIpc) is 2.91. The highest BCUT2D eigenvalue weighted by molar-refractivity contribution is 5.48. The summed E-state index contributed by atoms with van der Waals surface area (Å²) in [7, 11) is 12.9. The van der Waals surface area contributed by atoms with Crippen molar-refractivity contribution in [2.45, 2.75) is 173 Å². The predicted molar refractivity (Wildman–Crippen MR) is 193 cm³/mol. The number of aromatic nitrogens is 3. The van der Waals surface area contributed by atoms with Crippen LogP contribution in [0.2, 0.25) is 0 Å². The second kappa shape index (κ2) is 12.0. The Labute approximate surface area is 282 Å². The number of hydrogen-bond donors (Lipinski definition) is 0. The smallest absolute Gasteiger partial charge is 0.231 e. The third-order valence-electron chi connectivity index (χ3n) is 12.5. The second-order valence-electron chi connectivity index (χ2n) is 18.7. The molecule has 10 nitrogen and oxygen atoms in total. The maximum Gasteiger partial charge on any atom is 0.231 e. The number of rotatable bonds is 7. The van der Waals surface area contributed by atoms with Crippen LogP contribution in [0.25, 0.3) is 0 Å². The van der Waals surface area contributed by atoms with Crippen molar-refractivity contribution in [3.63, 3.8) is 0 Å². The molecular weight excluding hydrogens is 574 g/mol. The maximum absolute atomic E-state index is 5.93. The highest BCUT2D eigenvalue weighted by atomic mass is 16.7. The van der Waals surface area contributed by atoms with E-state index in [-0.39, 0.29) is 39.3 Å². The van der Waals surface area contributed by atoms with Gasteiger partial charge in [0, 0.05) is 72.5 Å². The Morgan fingerprint density at radius 2 is 0.696 bits per heavy atom. The molecule has 0 N–H and O–H groups in total. The van der Waals surface area contributed by atoms with E-state index in [0.717, 1.165) is 56.4 Å². The van der Waals surface area contributed by atoms with Gasteiger partial charge in [-0.25, -0.2) is 0 Å². The minimum Gasteiger partial charge on any atom is -0.341 e. The van der Waals surface area contributed by atoms with Crippen LogP contribution in [-0.2, 0) is 4.84 Å². The Bertz CT molecular complexity index is 1120. The summed E-state index contributed by atoms with van der Waals surface area (Å²) >= 11 is 0. The van der Waals surface area contributed by atoms with Crippen LogP contribution in [0.15, 0.2) is 0 Å². The van der Waals surface area contributed by atoms with Gasteiger partial charge in [0.2, 0.25) is 17.8 Å². The van der Waals surface area contributed by atoms with Gasteiger partial charge in [-0.05, 0) is 136 Å². The third kappa shape index (κ3) is 6.88. The number of piperidine rings is 3. The molecule has 0 radical (unpaired) electrons. The summed E-state index contributed by atoms with van der Waals surface area (Å²) in [5, 5.41) is 2.17. The first-order valence-corrected chi connectivity index (χ1v) is 17.5. The van der Waals surface area contributed by atoms with Crippen molar-refractivity contribution in [3.05, 3.63) is 0 Å². The predicted octanol–water partition coefficient (Wildman–Crippen LogP) is 6.07. The summed E-state index contributed by atoms with van der Waals surface area (Å²) in [6.45, 7) is 28.0. The fourth-order valence-electron chi connectivity index (χ4n) is 9.47. The van der Waals surface area contributed by atoms with E-state index in [4.69, 9.17) is 19.8 Å². The Balaban J connectivity index is 1.77. The molecule has 0 saturated carbocycles. The number of hydroxylamine groups is 2. The Hall–Kier alpha value is -1.75. The zero-order valence-corrected chi connectivity index (χ0v) is 32.9. The molecule has 4 rings (SSSR count). The van der Waals surface area contributed by atoms with Gasteiger partial charge in [-0.3, -0.25) is 9.80 Å². The zero-order chi connectivity index (χ0) is 35.0. The Kier molecular flexibility index (Phi) is 9.66. The summed E-state index contributed by atoms with van der Waals surface area (Å²) in [5.41, 5.74) is -0.0402. The summed E-state index contributed by atoms with van der Waals surface area (Å²) in [5.74, 6) is 2.28. The van der Waals surface area contributed by atoms with Crippen molar-refractivity contribution in [1.82, 2.24) is 29.8 Å². The standard InChI is InChI=1S/C36H69N9O/c1-31(2)19-25(20-32(3,4)43(31)16)40(13)28-37-29(41(14)26-21-33(5,6)44(17)34(7,8)22-26)39-30(38-28)42(15)27-23-35(9,10)45(46-18)36(11,12)24-27/h25-27H,19-24H2,1-18H3. The SMILES string of the molecule is CON1C(C)(C)CC(N(C)c2nc(N(C)C3CC(C)(C)N(C)C(C)(C)C3)nc(N(C)C3CC(C)(C)N(C)C(C)(C)C3)n2)CC1(C)C. The van der Waals surface area contributed by atoms with Gasteiger partial charge in [0.25, 0.3) is 0 Å². The average molecular weight is 644 g/mol. The first-order valence-electron chi connectivity index (χ1n) is 17.5. The van der Waals surface area contributed by atoms with Gasteiger partial charge in [-0.15, -0.1) is 0 Å². The molecule has 1 aromatic heterocycles. The molecule has 264 valence electrons. The molecule has 0 spiro atoms. The minimum absolute atomic E-state index is 0.0602. The number of nitrogens with zero attached hydrogens (tertiary/aromatic N) is 9. The van der Waals surface area contributed by atoms with Crippen molar-refractivity contribution in [3.8, 4) is 0 Å². The minimum atomic E-state index is -0.141. The highest BCUT2D eigenvalue weighted by Crippen LogP contribution is 2.43. The molecule has 10 heteroatoms. The molecule has 0 atom stereocenters. The van der Waals surface area contributed by atoms with Gasteiger partial charge in [-0.2, -0.15) is 20.0 Å². The largest absolute Gasteiger partial charge is 0.341 e. The fourth-order valence-corrected chi connectivity index (χ4v) is 9.47. The lowest BCUT2D eigenvalue weighted by molar-refractivity contribution is -0.266. The summed E-state index contributed by atoms with van der Waals surface area (Å²) in [6, 6.07) is 0.866. The second-order valence-corrected chi connectivity index (χ2v) is 18.7. The van der Waals surface area contributed by atoms with Gasteiger partial charge >= 0.3 is 0 Å². The van der Waals surface area contributed by atoms with Crippen LogP contribution < -0.4 is 14.7 Å². The lowest BCUT2D eigenvalue weighted by Gasteiger charge is -2.55. The van der Waals surface area contributed by atoms with E-state index in [2.05, 4.69) is 148 Å². The van der Waals surface area contributed by atoms with Gasteiger partial charge in [0.05, 0.1) is 7.11 Å². The molecule has 3 aliphatic heterocycles. The lowest BCUT2D eigenvalue weighted by atomic mass is 9.77. The molecule has 3 fully saturated rings. The molecule has 3 aliphatic rings. The number of likely N-dealkylation sites (tertiary alicyclic amines) is 2. The van der Waals surface area contributed by atoms with Crippen LogP contribution in [0.1, 0.15) is 122 Å². The van der Waals surface area contributed by atoms with E-state index in [9.17, 15) is 0 Å².